The van der Waals surface area contributed by atoms with E-state index in [0.717, 1.165) is 43.5 Å². The fraction of sp³-hybridized carbons (Fsp3) is 0.350. The molecule has 2 aromatic carbocycles. The standard InChI is InChI=1S/C20H18F6N2O/c21-19(22,23)14-5-4-6-16(11-14)27-18(29)13-9-15(20(24,25)26)12-17(10-13)28-7-2-1-3-8-28/h4-6,9-12H,1-3,7-8H2,(H,27,29). The Morgan fingerprint density at radius 1 is 0.828 bits per heavy atom. The van der Waals surface area contributed by atoms with Crippen LogP contribution in [0, 0.1) is 0 Å². The Hall–Kier alpha value is -2.71. The van der Waals surface area contributed by atoms with Gasteiger partial charge < -0.3 is 10.2 Å². The van der Waals surface area contributed by atoms with Crippen LogP contribution in [0.3, 0.4) is 0 Å². The lowest BCUT2D eigenvalue weighted by Crippen LogP contribution is -2.30. The van der Waals surface area contributed by atoms with Crippen molar-refractivity contribution in [3.05, 3.63) is 59.2 Å². The summed E-state index contributed by atoms with van der Waals surface area (Å²) in [5.41, 5.74) is -2.09. The van der Waals surface area contributed by atoms with Gasteiger partial charge >= 0.3 is 12.4 Å². The molecule has 1 aliphatic heterocycles. The van der Waals surface area contributed by atoms with Gasteiger partial charge in [-0.2, -0.15) is 26.3 Å². The molecule has 0 aliphatic carbocycles. The number of anilines is 2. The van der Waals surface area contributed by atoms with E-state index in [1.807, 2.05) is 0 Å². The second kappa shape index (κ2) is 7.96. The van der Waals surface area contributed by atoms with E-state index in [9.17, 15) is 31.1 Å². The Morgan fingerprint density at radius 3 is 2.10 bits per heavy atom. The maximum Gasteiger partial charge on any atom is 0.416 e. The summed E-state index contributed by atoms with van der Waals surface area (Å²) < 4.78 is 78.4. The van der Waals surface area contributed by atoms with Crippen LogP contribution in [0.4, 0.5) is 37.7 Å². The van der Waals surface area contributed by atoms with Gasteiger partial charge in [-0.3, -0.25) is 4.79 Å². The normalized spacial score (nSPS) is 15.3. The largest absolute Gasteiger partial charge is 0.416 e. The van der Waals surface area contributed by atoms with Gasteiger partial charge in [-0.15, -0.1) is 0 Å². The third-order valence-electron chi connectivity index (χ3n) is 4.68. The number of nitrogens with one attached hydrogen (secondary N) is 1. The van der Waals surface area contributed by atoms with Crippen LogP contribution >= 0.6 is 0 Å². The minimum absolute atomic E-state index is 0.151. The molecule has 0 atom stereocenters. The zero-order valence-electron chi connectivity index (χ0n) is 15.2. The number of hydrogen-bond donors (Lipinski definition) is 1. The molecule has 0 saturated carbocycles. The number of rotatable bonds is 3. The van der Waals surface area contributed by atoms with E-state index in [4.69, 9.17) is 0 Å². The highest BCUT2D eigenvalue weighted by atomic mass is 19.4. The van der Waals surface area contributed by atoms with Gasteiger partial charge in [-0.05, 0) is 55.7 Å². The molecule has 0 aromatic heterocycles. The number of carbonyl (C=O) groups is 1. The molecule has 9 heteroatoms. The first kappa shape index (κ1) is 21.0. The van der Waals surface area contributed by atoms with Gasteiger partial charge in [0.05, 0.1) is 11.1 Å². The van der Waals surface area contributed by atoms with Crippen LogP contribution in [0.2, 0.25) is 0 Å². The first-order chi connectivity index (χ1) is 13.5. The first-order valence-corrected chi connectivity index (χ1v) is 9.00. The Bertz CT molecular complexity index is 885. The average Bonchev–Trinajstić information content (AvgIpc) is 2.67. The molecule has 3 nitrogen and oxygen atoms in total. The summed E-state index contributed by atoms with van der Waals surface area (Å²) in [6.45, 7) is 1.16. The number of amides is 1. The maximum atomic E-state index is 13.3. The minimum Gasteiger partial charge on any atom is -0.372 e. The maximum absolute atomic E-state index is 13.3. The number of carbonyl (C=O) groups excluding carboxylic acids is 1. The fourth-order valence-electron chi connectivity index (χ4n) is 3.22. The summed E-state index contributed by atoms with van der Waals surface area (Å²) in [5.74, 6) is -0.909. The van der Waals surface area contributed by atoms with Gasteiger partial charge in [0.2, 0.25) is 0 Å². The highest BCUT2D eigenvalue weighted by Crippen LogP contribution is 2.34. The van der Waals surface area contributed by atoms with Crippen molar-refractivity contribution >= 4 is 17.3 Å². The van der Waals surface area contributed by atoms with E-state index >= 15 is 0 Å². The van der Waals surface area contributed by atoms with Gasteiger partial charge in [0.25, 0.3) is 5.91 Å². The molecule has 1 N–H and O–H groups in total. The Kier molecular flexibility index (Phi) is 5.77. The number of benzene rings is 2. The molecule has 1 amide bonds. The smallest absolute Gasteiger partial charge is 0.372 e. The van der Waals surface area contributed by atoms with Crippen LogP contribution in [0.5, 0.6) is 0 Å². The second-order valence-corrected chi connectivity index (χ2v) is 6.85. The number of halogens is 6. The van der Waals surface area contributed by atoms with Crippen LogP contribution in [-0.2, 0) is 12.4 Å². The lowest BCUT2D eigenvalue weighted by atomic mass is 10.0. The molecule has 3 rings (SSSR count). The van der Waals surface area contributed by atoms with Crippen molar-refractivity contribution in [2.45, 2.75) is 31.6 Å². The minimum atomic E-state index is -4.66. The first-order valence-electron chi connectivity index (χ1n) is 9.00. The monoisotopic (exact) mass is 416 g/mol. The molecule has 0 bridgehead atoms. The van der Waals surface area contributed by atoms with Crippen LogP contribution in [0.25, 0.3) is 0 Å². The van der Waals surface area contributed by atoms with E-state index in [2.05, 4.69) is 5.32 Å². The van der Waals surface area contributed by atoms with E-state index in [-0.39, 0.29) is 16.9 Å². The van der Waals surface area contributed by atoms with Crippen molar-refractivity contribution in [1.29, 1.82) is 0 Å². The van der Waals surface area contributed by atoms with Crippen molar-refractivity contribution in [3.63, 3.8) is 0 Å². The van der Waals surface area contributed by atoms with Crippen molar-refractivity contribution in [2.75, 3.05) is 23.3 Å². The van der Waals surface area contributed by atoms with Crippen molar-refractivity contribution in [1.82, 2.24) is 0 Å². The van der Waals surface area contributed by atoms with Crippen LogP contribution in [-0.4, -0.2) is 19.0 Å². The molecule has 29 heavy (non-hydrogen) atoms. The summed E-state index contributed by atoms with van der Waals surface area (Å²) in [7, 11) is 0. The van der Waals surface area contributed by atoms with E-state index in [1.165, 1.54) is 12.1 Å². The van der Waals surface area contributed by atoms with Crippen molar-refractivity contribution in [3.8, 4) is 0 Å². The fourth-order valence-corrected chi connectivity index (χ4v) is 3.22. The van der Waals surface area contributed by atoms with Gasteiger partial charge in [0, 0.05) is 30.0 Å². The topological polar surface area (TPSA) is 32.3 Å². The quantitative estimate of drug-likeness (QED) is 0.626. The Labute approximate surface area is 163 Å². The van der Waals surface area contributed by atoms with Gasteiger partial charge in [-0.25, -0.2) is 0 Å². The highest BCUT2D eigenvalue weighted by Gasteiger charge is 2.33. The summed E-state index contributed by atoms with van der Waals surface area (Å²) in [5, 5.41) is 2.25. The molecular formula is C20H18F6N2O. The van der Waals surface area contributed by atoms with E-state index < -0.39 is 29.4 Å². The number of alkyl halides is 6. The van der Waals surface area contributed by atoms with E-state index in [0.29, 0.717) is 19.2 Å². The van der Waals surface area contributed by atoms with E-state index in [1.54, 1.807) is 4.90 Å². The number of hydrogen-bond acceptors (Lipinski definition) is 2. The molecule has 1 fully saturated rings. The molecule has 0 radical (unpaired) electrons. The number of piperidine rings is 1. The summed E-state index contributed by atoms with van der Waals surface area (Å²) in [4.78, 5) is 14.3. The summed E-state index contributed by atoms with van der Waals surface area (Å²) in [6, 6.07) is 6.97. The van der Waals surface area contributed by atoms with Crippen LogP contribution in [0.15, 0.2) is 42.5 Å². The van der Waals surface area contributed by atoms with Crippen LogP contribution < -0.4 is 10.2 Å². The SMILES string of the molecule is O=C(Nc1cccc(C(F)(F)F)c1)c1cc(N2CCCCC2)cc(C(F)(F)F)c1. The predicted octanol–water partition coefficient (Wildman–Crippen LogP) is 5.97. The lowest BCUT2D eigenvalue weighted by molar-refractivity contribution is -0.138. The third-order valence-corrected chi connectivity index (χ3v) is 4.68. The molecule has 156 valence electrons. The summed E-state index contributed by atoms with van der Waals surface area (Å²) in [6.07, 6.45) is -6.60. The highest BCUT2D eigenvalue weighted by molar-refractivity contribution is 6.05. The lowest BCUT2D eigenvalue weighted by Gasteiger charge is -2.29. The molecule has 1 aliphatic rings. The molecule has 1 saturated heterocycles. The van der Waals surface area contributed by atoms with Gasteiger partial charge in [0.15, 0.2) is 0 Å². The zero-order chi connectivity index (χ0) is 21.2. The molecule has 1 heterocycles. The second-order valence-electron chi connectivity index (χ2n) is 6.85. The molecule has 0 unspecified atom stereocenters. The zero-order valence-corrected chi connectivity index (χ0v) is 15.2. The van der Waals surface area contributed by atoms with Crippen molar-refractivity contribution < 1.29 is 31.1 Å². The third kappa shape index (κ3) is 5.21. The predicted molar refractivity (Wildman–Crippen MR) is 96.9 cm³/mol. The average molecular weight is 416 g/mol. The molecule has 2 aromatic rings. The Morgan fingerprint density at radius 2 is 1.48 bits per heavy atom. The van der Waals surface area contributed by atoms with Gasteiger partial charge in [0.1, 0.15) is 0 Å². The van der Waals surface area contributed by atoms with Gasteiger partial charge in [-0.1, -0.05) is 6.07 Å². The summed E-state index contributed by atoms with van der Waals surface area (Å²) >= 11 is 0. The molecule has 0 spiro atoms. The van der Waals surface area contributed by atoms with Crippen LogP contribution in [0.1, 0.15) is 40.7 Å². The Balaban J connectivity index is 1.91. The molecular weight excluding hydrogens is 398 g/mol. The van der Waals surface area contributed by atoms with Crippen molar-refractivity contribution in [2.24, 2.45) is 0 Å². The number of nitrogens with zero attached hydrogens (tertiary/aromatic N) is 1.